The lowest BCUT2D eigenvalue weighted by molar-refractivity contribution is 0.442. The molecule has 1 aromatic rings. The van der Waals surface area contributed by atoms with Crippen LogP contribution in [0.15, 0.2) is 11.2 Å². The van der Waals surface area contributed by atoms with Gasteiger partial charge in [0.2, 0.25) is 0 Å². The summed E-state index contributed by atoms with van der Waals surface area (Å²) in [6.45, 7) is 3.77. The first kappa shape index (κ1) is 13.7. The lowest BCUT2D eigenvalue weighted by Crippen LogP contribution is -2.32. The maximum Gasteiger partial charge on any atom is 0.263 e. The van der Waals surface area contributed by atoms with Crippen LogP contribution in [0.2, 0.25) is 0 Å². The van der Waals surface area contributed by atoms with Crippen LogP contribution in [0.5, 0.6) is 0 Å². The van der Waals surface area contributed by atoms with Crippen molar-refractivity contribution >= 4 is 10.0 Å². The van der Waals surface area contributed by atoms with Crippen LogP contribution in [0.25, 0.3) is 0 Å². The summed E-state index contributed by atoms with van der Waals surface area (Å²) in [5.41, 5.74) is 0. The van der Waals surface area contributed by atoms with Gasteiger partial charge < -0.3 is 4.57 Å². The zero-order chi connectivity index (χ0) is 13.1. The van der Waals surface area contributed by atoms with Gasteiger partial charge in [-0.1, -0.05) is 6.92 Å². The number of rotatable bonds is 5. The van der Waals surface area contributed by atoms with Crippen LogP contribution >= 0.6 is 0 Å². The average molecular weight is 256 g/mol. The van der Waals surface area contributed by atoms with Crippen LogP contribution in [-0.4, -0.2) is 35.4 Å². The van der Waals surface area contributed by atoms with E-state index >= 15 is 0 Å². The molecule has 6 nitrogen and oxygen atoms in total. The molecule has 0 bridgehead atoms. The maximum absolute atomic E-state index is 12.2. The lowest BCUT2D eigenvalue weighted by Gasteiger charge is -2.16. The van der Waals surface area contributed by atoms with Crippen molar-refractivity contribution in [2.75, 3.05) is 13.1 Å². The largest absolute Gasteiger partial charge is 0.337 e. The quantitative estimate of drug-likeness (QED) is 0.725. The summed E-state index contributed by atoms with van der Waals surface area (Å²) in [7, 11) is -1.92. The van der Waals surface area contributed by atoms with E-state index in [1.807, 2.05) is 13.0 Å². The number of nitrogens with zero attached hydrogens (tertiary/aromatic N) is 4. The summed E-state index contributed by atoms with van der Waals surface area (Å²) < 4.78 is 27.1. The molecule has 0 aromatic carbocycles. The van der Waals surface area contributed by atoms with Gasteiger partial charge in [-0.05, 0) is 13.3 Å². The van der Waals surface area contributed by atoms with Crippen molar-refractivity contribution in [2.45, 2.75) is 25.3 Å². The molecule has 1 aromatic heterocycles. The van der Waals surface area contributed by atoms with Crippen LogP contribution < -0.4 is 0 Å². The number of hydrogen-bond acceptors (Lipinski definition) is 4. The summed E-state index contributed by atoms with van der Waals surface area (Å²) in [5, 5.41) is 8.65. The SMILES string of the molecule is CCCN(CC#N)S(=O)(=O)c1cn(C)c(C)n1. The third-order valence-corrected chi connectivity index (χ3v) is 4.13. The standard InChI is InChI=1S/C10H16N4O2S/c1-4-6-14(7-5-11)17(15,16)10-8-13(3)9(2)12-10/h8H,4,6-7H2,1-3H3. The van der Waals surface area contributed by atoms with Crippen molar-refractivity contribution in [3.8, 4) is 6.07 Å². The Balaban J connectivity index is 3.12. The first-order chi connectivity index (χ1) is 7.93. The minimum Gasteiger partial charge on any atom is -0.337 e. The predicted octanol–water partition coefficient (Wildman–Crippen LogP) is 0.653. The topological polar surface area (TPSA) is 79.0 Å². The third kappa shape index (κ3) is 2.84. The third-order valence-electron chi connectivity index (χ3n) is 2.41. The van der Waals surface area contributed by atoms with E-state index in [1.165, 1.54) is 6.20 Å². The summed E-state index contributed by atoms with van der Waals surface area (Å²) >= 11 is 0. The zero-order valence-electron chi connectivity index (χ0n) is 10.2. The highest BCUT2D eigenvalue weighted by atomic mass is 32.2. The van der Waals surface area contributed by atoms with Crippen molar-refractivity contribution in [1.29, 1.82) is 5.26 Å². The number of imidazole rings is 1. The van der Waals surface area contributed by atoms with Crippen LogP contribution in [0.1, 0.15) is 19.2 Å². The van der Waals surface area contributed by atoms with Gasteiger partial charge in [0.25, 0.3) is 10.0 Å². The van der Waals surface area contributed by atoms with Crippen molar-refractivity contribution in [3.05, 3.63) is 12.0 Å². The summed E-state index contributed by atoms with van der Waals surface area (Å²) in [4.78, 5) is 3.99. The Morgan fingerprint density at radius 2 is 2.24 bits per heavy atom. The molecule has 7 heteroatoms. The highest BCUT2D eigenvalue weighted by Gasteiger charge is 2.26. The van der Waals surface area contributed by atoms with E-state index < -0.39 is 10.0 Å². The molecule has 0 fully saturated rings. The monoisotopic (exact) mass is 256 g/mol. The van der Waals surface area contributed by atoms with E-state index in [0.717, 1.165) is 4.31 Å². The Labute approximate surface area is 102 Å². The molecule has 17 heavy (non-hydrogen) atoms. The van der Waals surface area contributed by atoms with Gasteiger partial charge in [0, 0.05) is 19.8 Å². The van der Waals surface area contributed by atoms with E-state index in [0.29, 0.717) is 18.8 Å². The summed E-state index contributed by atoms with van der Waals surface area (Å²) in [6.07, 6.45) is 2.12. The van der Waals surface area contributed by atoms with Crippen molar-refractivity contribution in [3.63, 3.8) is 0 Å². The van der Waals surface area contributed by atoms with E-state index in [1.54, 1.807) is 18.5 Å². The Hall–Kier alpha value is -1.39. The minimum absolute atomic E-state index is 0.00111. The molecular formula is C10H16N4O2S. The summed E-state index contributed by atoms with van der Waals surface area (Å²) in [5.74, 6) is 0.622. The fourth-order valence-electron chi connectivity index (χ4n) is 1.40. The molecule has 0 amide bonds. The van der Waals surface area contributed by atoms with Crippen molar-refractivity contribution in [1.82, 2.24) is 13.9 Å². The van der Waals surface area contributed by atoms with Gasteiger partial charge >= 0.3 is 0 Å². The van der Waals surface area contributed by atoms with Gasteiger partial charge in [-0.15, -0.1) is 0 Å². The Morgan fingerprint density at radius 1 is 1.59 bits per heavy atom. The number of aryl methyl sites for hydroxylation is 2. The molecule has 1 rings (SSSR count). The second-order valence-corrected chi connectivity index (χ2v) is 5.62. The second kappa shape index (κ2) is 5.29. The number of aromatic nitrogens is 2. The molecule has 94 valence electrons. The zero-order valence-corrected chi connectivity index (χ0v) is 11.0. The van der Waals surface area contributed by atoms with Gasteiger partial charge in [-0.3, -0.25) is 0 Å². The molecule has 0 atom stereocenters. The molecule has 0 aliphatic carbocycles. The van der Waals surface area contributed by atoms with Crippen LogP contribution in [-0.2, 0) is 17.1 Å². The Kier molecular flexibility index (Phi) is 4.26. The Morgan fingerprint density at radius 3 is 2.65 bits per heavy atom. The Bertz CT molecular complexity index is 507. The molecule has 0 N–H and O–H groups in total. The van der Waals surface area contributed by atoms with Gasteiger partial charge in [-0.25, -0.2) is 13.4 Å². The first-order valence-corrected chi connectivity index (χ1v) is 6.74. The van der Waals surface area contributed by atoms with E-state index in [2.05, 4.69) is 4.98 Å². The first-order valence-electron chi connectivity index (χ1n) is 5.30. The molecule has 0 aliphatic heterocycles. The molecule has 0 unspecified atom stereocenters. The highest BCUT2D eigenvalue weighted by molar-refractivity contribution is 7.89. The predicted molar refractivity (Wildman–Crippen MR) is 62.6 cm³/mol. The van der Waals surface area contributed by atoms with Gasteiger partial charge in [-0.2, -0.15) is 9.57 Å². The molecule has 0 spiro atoms. The van der Waals surface area contributed by atoms with Crippen molar-refractivity contribution < 1.29 is 8.42 Å². The van der Waals surface area contributed by atoms with Gasteiger partial charge in [0.1, 0.15) is 12.4 Å². The maximum atomic E-state index is 12.2. The normalized spacial score (nSPS) is 11.7. The van der Waals surface area contributed by atoms with E-state index in [9.17, 15) is 8.42 Å². The molecule has 0 saturated heterocycles. The number of sulfonamides is 1. The molecule has 0 aliphatic rings. The highest BCUT2D eigenvalue weighted by Crippen LogP contribution is 2.14. The fourth-order valence-corrected chi connectivity index (χ4v) is 2.85. The van der Waals surface area contributed by atoms with Gasteiger partial charge in [0.05, 0.1) is 6.07 Å². The van der Waals surface area contributed by atoms with Gasteiger partial charge in [0.15, 0.2) is 5.03 Å². The molecule has 0 saturated carbocycles. The smallest absolute Gasteiger partial charge is 0.263 e. The lowest BCUT2D eigenvalue weighted by atomic mass is 10.5. The summed E-state index contributed by atoms with van der Waals surface area (Å²) in [6, 6.07) is 1.86. The fraction of sp³-hybridized carbons (Fsp3) is 0.600. The average Bonchev–Trinajstić information content (AvgIpc) is 2.59. The number of nitriles is 1. The molecule has 1 heterocycles. The number of hydrogen-bond donors (Lipinski definition) is 0. The van der Waals surface area contributed by atoms with E-state index in [4.69, 9.17) is 5.26 Å². The molecular weight excluding hydrogens is 240 g/mol. The minimum atomic E-state index is -3.65. The second-order valence-electron chi connectivity index (χ2n) is 3.73. The van der Waals surface area contributed by atoms with Crippen LogP contribution in [0, 0.1) is 18.3 Å². The van der Waals surface area contributed by atoms with Crippen molar-refractivity contribution in [2.24, 2.45) is 7.05 Å². The van der Waals surface area contributed by atoms with Crippen LogP contribution in [0.3, 0.4) is 0 Å². The van der Waals surface area contributed by atoms with Crippen LogP contribution in [0.4, 0.5) is 0 Å². The molecule has 0 radical (unpaired) electrons. The van der Waals surface area contributed by atoms with E-state index in [-0.39, 0.29) is 11.6 Å².